The van der Waals surface area contributed by atoms with E-state index in [1.165, 1.54) is 27.4 Å². The second-order valence-electron chi connectivity index (χ2n) is 6.78. The molecule has 1 aromatic heterocycles. The average Bonchev–Trinajstić information content (AvgIpc) is 3.33. The molecule has 4 rings (SSSR count). The molecule has 2 heterocycles. The van der Waals surface area contributed by atoms with Crippen LogP contribution in [0.1, 0.15) is 0 Å². The molecule has 1 fully saturated rings. The summed E-state index contributed by atoms with van der Waals surface area (Å²) in [6, 6.07) is 11.7. The molecule has 0 radical (unpaired) electrons. The van der Waals surface area contributed by atoms with Crippen molar-refractivity contribution in [1.29, 1.82) is 0 Å². The lowest BCUT2D eigenvalue weighted by Crippen LogP contribution is -2.51. The van der Waals surface area contributed by atoms with Crippen LogP contribution in [-0.2, 0) is 14.8 Å². The number of carbonyl (C=O) groups is 1. The van der Waals surface area contributed by atoms with Crippen molar-refractivity contribution < 1.29 is 22.3 Å². The fourth-order valence-electron chi connectivity index (χ4n) is 3.17. The zero-order valence-corrected chi connectivity index (χ0v) is 17.2. The van der Waals surface area contributed by atoms with Gasteiger partial charge >= 0.3 is 0 Å². The smallest absolute Gasteiger partial charge is 0.260 e. The lowest BCUT2D eigenvalue weighted by molar-refractivity contribution is -0.134. The van der Waals surface area contributed by atoms with Crippen LogP contribution >= 0.6 is 0 Å². The molecule has 0 bridgehead atoms. The van der Waals surface area contributed by atoms with Crippen molar-refractivity contribution in [3.8, 4) is 11.4 Å². The van der Waals surface area contributed by atoms with Gasteiger partial charge in [0.1, 0.15) is 17.9 Å². The second-order valence-corrected chi connectivity index (χ2v) is 8.72. The quantitative estimate of drug-likeness (QED) is 0.548. The van der Waals surface area contributed by atoms with Gasteiger partial charge in [-0.1, -0.05) is 6.07 Å². The fourth-order valence-corrected chi connectivity index (χ4v) is 4.59. The number of halogens is 1. The summed E-state index contributed by atoms with van der Waals surface area (Å²) in [5.41, 5.74) is 0.689. The van der Waals surface area contributed by atoms with Crippen molar-refractivity contribution in [2.75, 3.05) is 32.8 Å². The molecule has 1 amide bonds. The summed E-state index contributed by atoms with van der Waals surface area (Å²) >= 11 is 0. The van der Waals surface area contributed by atoms with Crippen molar-refractivity contribution in [2.24, 2.45) is 0 Å². The Bertz CT molecular complexity index is 1150. The minimum atomic E-state index is -3.73. The van der Waals surface area contributed by atoms with Gasteiger partial charge in [0.05, 0.1) is 10.6 Å². The third-order valence-electron chi connectivity index (χ3n) is 4.84. The van der Waals surface area contributed by atoms with E-state index in [2.05, 4.69) is 15.5 Å². The lowest BCUT2D eigenvalue weighted by atomic mass is 10.3. The maximum absolute atomic E-state index is 13.1. The predicted molar refractivity (Wildman–Crippen MR) is 106 cm³/mol. The van der Waals surface area contributed by atoms with Crippen molar-refractivity contribution >= 4 is 15.9 Å². The number of sulfonamides is 1. The van der Waals surface area contributed by atoms with Gasteiger partial charge in [-0.2, -0.15) is 4.31 Å². The molecule has 1 saturated heterocycles. The van der Waals surface area contributed by atoms with Gasteiger partial charge in [-0.15, -0.1) is 5.10 Å². The van der Waals surface area contributed by atoms with Gasteiger partial charge in [-0.3, -0.25) is 4.79 Å². The Balaban J connectivity index is 1.32. The zero-order valence-electron chi connectivity index (χ0n) is 16.3. The lowest BCUT2D eigenvalue weighted by Gasteiger charge is -2.34. The molecule has 0 saturated carbocycles. The first-order chi connectivity index (χ1) is 14.9. The van der Waals surface area contributed by atoms with Crippen LogP contribution < -0.4 is 4.74 Å². The third kappa shape index (κ3) is 4.70. The topological polar surface area (TPSA) is 111 Å². The number of piperazine rings is 1. The maximum Gasteiger partial charge on any atom is 0.260 e. The third-order valence-corrected chi connectivity index (χ3v) is 6.75. The molecule has 162 valence electrons. The van der Waals surface area contributed by atoms with Crippen molar-refractivity contribution in [1.82, 2.24) is 29.4 Å². The number of carbonyl (C=O) groups excluding carboxylic acids is 1. The van der Waals surface area contributed by atoms with E-state index < -0.39 is 15.8 Å². The molecule has 1 aliphatic rings. The Morgan fingerprint density at radius 2 is 1.81 bits per heavy atom. The molecule has 1 aliphatic heterocycles. The van der Waals surface area contributed by atoms with Gasteiger partial charge in [-0.05, 0) is 46.8 Å². The minimum absolute atomic E-state index is 0.0273. The van der Waals surface area contributed by atoms with E-state index in [0.717, 1.165) is 12.1 Å². The van der Waals surface area contributed by atoms with Crippen molar-refractivity contribution in [3.05, 3.63) is 60.7 Å². The summed E-state index contributed by atoms with van der Waals surface area (Å²) in [6.07, 6.45) is 1.45. The van der Waals surface area contributed by atoms with Gasteiger partial charge in [0.2, 0.25) is 10.0 Å². The number of tetrazole rings is 1. The molecular formula is C19H19FN6O4S. The number of aromatic nitrogens is 4. The van der Waals surface area contributed by atoms with Crippen molar-refractivity contribution in [2.45, 2.75) is 4.90 Å². The largest absolute Gasteiger partial charge is 0.484 e. The Kier molecular flexibility index (Phi) is 5.91. The van der Waals surface area contributed by atoms with Crippen molar-refractivity contribution in [3.63, 3.8) is 0 Å². The fraction of sp³-hybridized carbons (Fsp3) is 0.263. The SMILES string of the molecule is O=C(COc1cccc(-n2cnnn2)c1)N1CCN(S(=O)(=O)c2ccc(F)cc2)CC1. The van der Waals surface area contributed by atoms with Crippen LogP contribution in [0.25, 0.3) is 5.69 Å². The Labute approximate surface area is 177 Å². The number of rotatable bonds is 6. The highest BCUT2D eigenvalue weighted by Crippen LogP contribution is 2.19. The number of ether oxygens (including phenoxy) is 1. The molecular weight excluding hydrogens is 427 g/mol. The van der Waals surface area contributed by atoms with Gasteiger partial charge < -0.3 is 9.64 Å². The first-order valence-electron chi connectivity index (χ1n) is 9.43. The maximum atomic E-state index is 13.1. The van der Waals surface area contributed by atoms with Crippen LogP contribution in [0.3, 0.4) is 0 Å². The van der Waals surface area contributed by atoms with Gasteiger partial charge in [0.25, 0.3) is 5.91 Å². The van der Waals surface area contributed by atoms with E-state index >= 15 is 0 Å². The molecule has 12 heteroatoms. The molecule has 3 aromatic rings. The summed E-state index contributed by atoms with van der Waals surface area (Å²) in [6.45, 7) is 0.616. The van der Waals surface area contributed by atoms with Gasteiger partial charge in [0.15, 0.2) is 6.61 Å². The molecule has 0 atom stereocenters. The molecule has 10 nitrogen and oxygen atoms in total. The summed E-state index contributed by atoms with van der Waals surface area (Å²) in [4.78, 5) is 14.1. The van der Waals surface area contributed by atoms with Crippen LogP contribution in [-0.4, -0.2) is 76.5 Å². The van der Waals surface area contributed by atoms with E-state index in [1.807, 2.05) is 0 Å². The van der Waals surface area contributed by atoms with E-state index in [4.69, 9.17) is 4.74 Å². The molecule has 0 aliphatic carbocycles. The summed E-state index contributed by atoms with van der Waals surface area (Å²) < 4.78 is 46.8. The normalized spacial score (nSPS) is 15.1. The molecule has 0 N–H and O–H groups in total. The summed E-state index contributed by atoms with van der Waals surface area (Å²) in [7, 11) is -3.73. The molecule has 0 unspecified atom stereocenters. The van der Waals surface area contributed by atoms with Gasteiger partial charge in [-0.25, -0.2) is 17.5 Å². The van der Waals surface area contributed by atoms with Crippen LogP contribution in [0.4, 0.5) is 4.39 Å². The highest BCUT2D eigenvalue weighted by molar-refractivity contribution is 7.89. The second kappa shape index (κ2) is 8.78. The first kappa shape index (κ1) is 20.9. The summed E-state index contributed by atoms with van der Waals surface area (Å²) in [5.74, 6) is -0.261. The summed E-state index contributed by atoms with van der Waals surface area (Å²) in [5, 5.41) is 11.0. The van der Waals surface area contributed by atoms with E-state index in [0.29, 0.717) is 11.4 Å². The molecule has 2 aromatic carbocycles. The van der Waals surface area contributed by atoms with E-state index in [1.54, 1.807) is 29.2 Å². The highest BCUT2D eigenvalue weighted by atomic mass is 32.2. The molecule has 31 heavy (non-hydrogen) atoms. The number of hydrogen-bond acceptors (Lipinski definition) is 7. The van der Waals surface area contributed by atoms with Gasteiger partial charge in [0, 0.05) is 32.2 Å². The number of nitrogens with zero attached hydrogens (tertiary/aromatic N) is 6. The van der Waals surface area contributed by atoms with Crippen LogP contribution in [0.5, 0.6) is 5.75 Å². The number of benzene rings is 2. The Hall–Kier alpha value is -3.38. The minimum Gasteiger partial charge on any atom is -0.484 e. The van der Waals surface area contributed by atoms with E-state index in [9.17, 15) is 17.6 Å². The predicted octanol–water partition coefficient (Wildman–Crippen LogP) is 0.713. The zero-order chi connectivity index (χ0) is 21.8. The average molecular weight is 446 g/mol. The monoisotopic (exact) mass is 446 g/mol. The highest BCUT2D eigenvalue weighted by Gasteiger charge is 2.30. The number of amides is 1. The van der Waals surface area contributed by atoms with Crippen LogP contribution in [0, 0.1) is 5.82 Å². The standard InChI is InChI=1S/C19H19FN6O4S/c20-15-4-6-18(7-5-15)31(28,29)25-10-8-24(9-11-25)19(27)13-30-17-3-1-2-16(12-17)26-14-21-22-23-26/h1-7,12,14H,8-11,13H2. The van der Waals surface area contributed by atoms with Crippen LogP contribution in [0.15, 0.2) is 59.8 Å². The Morgan fingerprint density at radius 3 is 2.48 bits per heavy atom. The molecule has 0 spiro atoms. The van der Waals surface area contributed by atoms with Crippen LogP contribution in [0.2, 0.25) is 0 Å². The van der Waals surface area contributed by atoms with E-state index in [-0.39, 0.29) is 43.6 Å². The first-order valence-corrected chi connectivity index (χ1v) is 10.9. The Morgan fingerprint density at radius 1 is 1.06 bits per heavy atom. The number of hydrogen-bond donors (Lipinski definition) is 0.